The summed E-state index contributed by atoms with van der Waals surface area (Å²) in [5.41, 5.74) is 0.909. The second kappa shape index (κ2) is 8.80. The molecule has 27 heavy (non-hydrogen) atoms. The van der Waals surface area contributed by atoms with Gasteiger partial charge in [0.2, 0.25) is 5.75 Å². The van der Waals surface area contributed by atoms with Crippen molar-refractivity contribution in [2.75, 3.05) is 21.3 Å². The predicted molar refractivity (Wildman–Crippen MR) is 104 cm³/mol. The number of methoxy groups -OCH3 is 3. The van der Waals surface area contributed by atoms with Crippen molar-refractivity contribution >= 4 is 27.5 Å². The SMILES string of the molecule is COc1ccc(/C=C(/C#N)S(=O)(=O)Cc2ccc(Cl)cc2)c(OC)c1OC. The summed E-state index contributed by atoms with van der Waals surface area (Å²) in [6, 6.07) is 11.4. The number of rotatable bonds is 7. The summed E-state index contributed by atoms with van der Waals surface area (Å²) < 4.78 is 41.2. The molecule has 0 radical (unpaired) electrons. The van der Waals surface area contributed by atoms with Crippen LogP contribution >= 0.6 is 11.6 Å². The molecule has 6 nitrogen and oxygen atoms in total. The molecule has 0 aliphatic rings. The van der Waals surface area contributed by atoms with Crippen LogP contribution in [-0.2, 0) is 15.6 Å². The molecular formula is C19H18ClNO5S. The van der Waals surface area contributed by atoms with Crippen molar-refractivity contribution in [2.24, 2.45) is 0 Å². The van der Waals surface area contributed by atoms with E-state index in [0.717, 1.165) is 0 Å². The zero-order valence-electron chi connectivity index (χ0n) is 15.0. The van der Waals surface area contributed by atoms with Crippen LogP contribution in [0.3, 0.4) is 0 Å². The molecule has 0 fully saturated rings. The van der Waals surface area contributed by atoms with Crippen LogP contribution in [0.25, 0.3) is 6.08 Å². The Bertz CT molecular complexity index is 992. The van der Waals surface area contributed by atoms with E-state index in [2.05, 4.69) is 0 Å². The second-order valence-corrected chi connectivity index (χ2v) is 7.82. The van der Waals surface area contributed by atoms with Gasteiger partial charge in [-0.3, -0.25) is 0 Å². The lowest BCUT2D eigenvalue weighted by Crippen LogP contribution is -2.06. The van der Waals surface area contributed by atoms with Crippen LogP contribution in [0.1, 0.15) is 11.1 Å². The summed E-state index contributed by atoms with van der Waals surface area (Å²) in [7, 11) is 0.469. The maximum Gasteiger partial charge on any atom is 0.203 e. The van der Waals surface area contributed by atoms with Gasteiger partial charge < -0.3 is 14.2 Å². The van der Waals surface area contributed by atoms with E-state index in [1.165, 1.54) is 27.4 Å². The molecule has 8 heteroatoms. The Balaban J connectivity index is 2.49. The Morgan fingerprint density at radius 3 is 2.19 bits per heavy atom. The minimum Gasteiger partial charge on any atom is -0.493 e. The standard InChI is InChI=1S/C19H18ClNO5S/c1-24-17-9-6-14(18(25-2)19(17)26-3)10-16(11-21)27(22,23)12-13-4-7-15(20)8-5-13/h4-10H,12H2,1-3H3/b16-10-. The number of sulfone groups is 1. The minimum absolute atomic E-state index is 0.270. The average Bonchev–Trinajstić information content (AvgIpc) is 2.66. The minimum atomic E-state index is -3.87. The molecule has 0 saturated carbocycles. The fourth-order valence-corrected chi connectivity index (χ4v) is 3.81. The number of hydrogen-bond acceptors (Lipinski definition) is 6. The zero-order valence-corrected chi connectivity index (χ0v) is 16.6. The third kappa shape index (κ3) is 4.73. The van der Waals surface area contributed by atoms with Gasteiger partial charge in [0.25, 0.3) is 0 Å². The van der Waals surface area contributed by atoms with Gasteiger partial charge in [-0.1, -0.05) is 23.7 Å². The smallest absolute Gasteiger partial charge is 0.203 e. The lowest BCUT2D eigenvalue weighted by molar-refractivity contribution is 0.324. The molecule has 0 unspecified atom stereocenters. The molecule has 0 aliphatic carbocycles. The van der Waals surface area contributed by atoms with Crippen molar-refractivity contribution in [2.45, 2.75) is 5.75 Å². The quantitative estimate of drug-likeness (QED) is 0.648. The van der Waals surface area contributed by atoms with Gasteiger partial charge in [0.05, 0.1) is 27.1 Å². The third-order valence-corrected chi connectivity index (χ3v) is 5.58. The van der Waals surface area contributed by atoms with Gasteiger partial charge >= 0.3 is 0 Å². The fourth-order valence-electron chi connectivity index (χ4n) is 2.45. The Morgan fingerprint density at radius 1 is 1.04 bits per heavy atom. The maximum absolute atomic E-state index is 12.7. The van der Waals surface area contributed by atoms with Crippen molar-refractivity contribution in [3.8, 4) is 23.3 Å². The van der Waals surface area contributed by atoms with E-state index < -0.39 is 9.84 Å². The first-order chi connectivity index (χ1) is 12.9. The molecule has 2 aromatic rings. The molecule has 0 bridgehead atoms. The van der Waals surface area contributed by atoms with Crippen molar-refractivity contribution in [3.63, 3.8) is 0 Å². The normalized spacial score (nSPS) is 11.6. The summed E-state index contributed by atoms with van der Waals surface area (Å²) in [6.07, 6.45) is 1.26. The molecule has 2 aromatic carbocycles. The highest BCUT2D eigenvalue weighted by atomic mass is 35.5. The van der Waals surface area contributed by atoms with Crippen molar-refractivity contribution in [3.05, 3.63) is 57.5 Å². The number of nitriles is 1. The van der Waals surface area contributed by atoms with E-state index in [0.29, 0.717) is 27.6 Å². The summed E-state index contributed by atoms with van der Waals surface area (Å²) in [4.78, 5) is -0.386. The highest BCUT2D eigenvalue weighted by molar-refractivity contribution is 7.95. The van der Waals surface area contributed by atoms with Gasteiger partial charge in [0, 0.05) is 10.6 Å². The van der Waals surface area contributed by atoms with Crippen molar-refractivity contribution in [1.82, 2.24) is 0 Å². The van der Waals surface area contributed by atoms with Crippen LogP contribution in [-0.4, -0.2) is 29.7 Å². The average molecular weight is 408 g/mol. The van der Waals surface area contributed by atoms with Crippen molar-refractivity contribution < 1.29 is 22.6 Å². The highest BCUT2D eigenvalue weighted by Gasteiger charge is 2.21. The molecule has 0 aromatic heterocycles. The number of hydrogen-bond donors (Lipinski definition) is 0. The largest absolute Gasteiger partial charge is 0.493 e. The summed E-state index contributed by atoms with van der Waals surface area (Å²) >= 11 is 5.82. The van der Waals surface area contributed by atoms with Gasteiger partial charge in [-0.15, -0.1) is 0 Å². The van der Waals surface area contributed by atoms with Crippen molar-refractivity contribution in [1.29, 1.82) is 5.26 Å². The number of halogens is 1. The molecule has 142 valence electrons. The first kappa shape index (κ1) is 20.6. The molecule has 0 aliphatic heterocycles. The molecule has 0 spiro atoms. The summed E-state index contributed by atoms with van der Waals surface area (Å²) in [5.74, 6) is 0.681. The number of benzene rings is 2. The molecule has 0 N–H and O–H groups in total. The fraction of sp³-hybridized carbons (Fsp3) is 0.211. The number of allylic oxidation sites excluding steroid dienone is 1. The Hall–Kier alpha value is -2.69. The summed E-state index contributed by atoms with van der Waals surface area (Å²) in [6.45, 7) is 0. The van der Waals surface area contributed by atoms with Crippen LogP contribution in [0.5, 0.6) is 17.2 Å². The van der Waals surface area contributed by atoms with E-state index >= 15 is 0 Å². The van der Waals surface area contributed by atoms with Crippen LogP contribution in [0.2, 0.25) is 5.02 Å². The van der Waals surface area contributed by atoms with E-state index in [1.807, 2.05) is 0 Å². The number of nitrogens with zero attached hydrogens (tertiary/aromatic N) is 1. The van der Waals surface area contributed by atoms with Gasteiger partial charge in [-0.05, 0) is 35.9 Å². The molecule has 0 amide bonds. The van der Waals surface area contributed by atoms with E-state index in [1.54, 1.807) is 42.5 Å². The number of ether oxygens (including phenoxy) is 3. The summed E-state index contributed by atoms with van der Waals surface area (Å²) in [5, 5.41) is 9.92. The van der Waals surface area contributed by atoms with Crippen LogP contribution < -0.4 is 14.2 Å². The highest BCUT2D eigenvalue weighted by Crippen LogP contribution is 2.40. The molecule has 0 heterocycles. The third-order valence-electron chi connectivity index (χ3n) is 3.74. The second-order valence-electron chi connectivity index (χ2n) is 5.43. The lowest BCUT2D eigenvalue weighted by atomic mass is 10.1. The molecule has 0 atom stereocenters. The van der Waals surface area contributed by atoms with E-state index in [-0.39, 0.29) is 16.4 Å². The predicted octanol–water partition coefficient (Wildman–Crippen LogP) is 3.85. The molecule has 2 rings (SSSR count). The van der Waals surface area contributed by atoms with E-state index in [4.69, 9.17) is 25.8 Å². The Morgan fingerprint density at radius 2 is 1.67 bits per heavy atom. The first-order valence-corrected chi connectivity index (χ1v) is 9.77. The van der Waals surface area contributed by atoms with Crippen LogP contribution in [0.4, 0.5) is 0 Å². The molecular weight excluding hydrogens is 390 g/mol. The monoisotopic (exact) mass is 407 g/mol. The lowest BCUT2D eigenvalue weighted by Gasteiger charge is -2.14. The topological polar surface area (TPSA) is 85.6 Å². The Labute approximate surface area is 163 Å². The first-order valence-electron chi connectivity index (χ1n) is 7.74. The Kier molecular flexibility index (Phi) is 6.72. The maximum atomic E-state index is 12.7. The van der Waals surface area contributed by atoms with Gasteiger partial charge in [-0.25, -0.2) is 8.42 Å². The van der Waals surface area contributed by atoms with E-state index in [9.17, 15) is 13.7 Å². The zero-order chi connectivity index (χ0) is 20.0. The molecule has 0 saturated heterocycles. The van der Waals surface area contributed by atoms with Gasteiger partial charge in [0.15, 0.2) is 21.3 Å². The van der Waals surface area contributed by atoms with Crippen LogP contribution in [0, 0.1) is 11.3 Å². The van der Waals surface area contributed by atoms with Gasteiger partial charge in [-0.2, -0.15) is 5.26 Å². The van der Waals surface area contributed by atoms with Gasteiger partial charge in [0.1, 0.15) is 11.0 Å². The van der Waals surface area contributed by atoms with Crippen LogP contribution in [0.15, 0.2) is 41.3 Å².